The number of rotatable bonds is 5. The summed E-state index contributed by atoms with van der Waals surface area (Å²) in [5, 5.41) is 20.2. The third-order valence-corrected chi connectivity index (χ3v) is 4.72. The number of ether oxygens (including phenoxy) is 2. The number of H-pyrrole nitrogens is 1. The molecule has 0 saturated heterocycles. The molecule has 11 nitrogen and oxygen atoms in total. The van der Waals surface area contributed by atoms with Gasteiger partial charge >= 0.3 is 19.3 Å². The first-order valence-electron chi connectivity index (χ1n) is 7.22. The highest BCUT2D eigenvalue weighted by atomic mass is 31.1. The predicted octanol–water partition coefficient (Wildman–Crippen LogP) is -1.43. The van der Waals surface area contributed by atoms with Gasteiger partial charge in [0.05, 0.1) is 19.3 Å². The molecule has 1 aromatic heterocycles. The lowest BCUT2D eigenvalue weighted by Crippen LogP contribution is -2.38. The van der Waals surface area contributed by atoms with Crippen LogP contribution in [0.3, 0.4) is 0 Å². The van der Waals surface area contributed by atoms with Crippen LogP contribution in [0.4, 0.5) is 0 Å². The molecule has 0 amide bonds. The summed E-state index contributed by atoms with van der Waals surface area (Å²) < 4.78 is 32.7. The van der Waals surface area contributed by atoms with Gasteiger partial charge in [-0.1, -0.05) is 0 Å². The Balaban J connectivity index is 2.29. The number of esters is 1. The summed E-state index contributed by atoms with van der Waals surface area (Å²) >= 11 is 0. The maximum Gasteiger partial charge on any atom is 0.357 e. The van der Waals surface area contributed by atoms with Crippen molar-refractivity contribution in [2.24, 2.45) is 0 Å². The molecular weight excluding hydrogens is 359 g/mol. The summed E-state index contributed by atoms with van der Waals surface area (Å²) in [4.78, 5) is 36.9. The standard InChI is InChI=1S/C13H17N2O9P/c1-5-4-15(13(20)14-10(5)18)6-3-7(9(17)8(6)16)24-12(25(21)22)11(19)23-2/h4,6-9,12,16-17H,3H2,1-2H3,(H,14,18,20). The van der Waals surface area contributed by atoms with Gasteiger partial charge in [0, 0.05) is 11.8 Å². The smallest absolute Gasteiger partial charge is 0.357 e. The summed E-state index contributed by atoms with van der Waals surface area (Å²) in [6, 6.07) is -0.981. The van der Waals surface area contributed by atoms with Crippen LogP contribution in [0.2, 0.25) is 0 Å². The minimum absolute atomic E-state index is 0.162. The van der Waals surface area contributed by atoms with Crippen molar-refractivity contribution < 1.29 is 33.6 Å². The van der Waals surface area contributed by atoms with Crippen LogP contribution in [0.25, 0.3) is 0 Å². The summed E-state index contributed by atoms with van der Waals surface area (Å²) in [6.07, 6.45) is -3.21. The molecule has 1 aliphatic carbocycles. The van der Waals surface area contributed by atoms with E-state index >= 15 is 0 Å². The molecular formula is C13H17N2O9P. The van der Waals surface area contributed by atoms with Crippen LogP contribution in [0.1, 0.15) is 18.0 Å². The highest BCUT2D eigenvalue weighted by molar-refractivity contribution is 7.32. The summed E-state index contributed by atoms with van der Waals surface area (Å²) in [7, 11) is -2.37. The maximum atomic E-state index is 11.9. The van der Waals surface area contributed by atoms with E-state index in [2.05, 4.69) is 9.72 Å². The molecule has 1 aliphatic rings. The van der Waals surface area contributed by atoms with Crippen molar-refractivity contribution in [2.45, 2.75) is 43.5 Å². The number of aromatic nitrogens is 2. The van der Waals surface area contributed by atoms with Crippen LogP contribution in [0.15, 0.2) is 15.8 Å². The number of aliphatic hydroxyl groups is 2. The van der Waals surface area contributed by atoms with Crippen molar-refractivity contribution in [1.82, 2.24) is 9.55 Å². The second-order valence-corrected chi connectivity index (χ2v) is 6.64. The van der Waals surface area contributed by atoms with E-state index in [1.165, 1.54) is 13.1 Å². The van der Waals surface area contributed by atoms with Gasteiger partial charge in [-0.3, -0.25) is 14.3 Å². The van der Waals surface area contributed by atoms with Gasteiger partial charge in [-0.2, -0.15) is 0 Å². The number of hydrogen-bond acceptors (Lipinski definition) is 9. The van der Waals surface area contributed by atoms with Gasteiger partial charge in [-0.05, 0) is 13.3 Å². The molecule has 0 radical (unpaired) electrons. The van der Waals surface area contributed by atoms with Crippen molar-refractivity contribution in [1.29, 1.82) is 0 Å². The highest BCUT2D eigenvalue weighted by Crippen LogP contribution is 2.34. The lowest BCUT2D eigenvalue weighted by molar-refractivity contribution is -0.154. The van der Waals surface area contributed by atoms with E-state index in [4.69, 9.17) is 4.74 Å². The van der Waals surface area contributed by atoms with Gasteiger partial charge in [0.2, 0.25) is 0 Å². The number of aliphatic hydroxyl groups excluding tert-OH is 2. The average molecular weight is 376 g/mol. The second-order valence-electron chi connectivity index (χ2n) is 5.60. The average Bonchev–Trinajstić information content (AvgIpc) is 2.83. The van der Waals surface area contributed by atoms with Crippen LogP contribution in [0, 0.1) is 6.92 Å². The second kappa shape index (κ2) is 7.44. The fourth-order valence-corrected chi connectivity index (χ4v) is 3.20. The molecule has 138 valence electrons. The number of carbonyl (C=O) groups excluding carboxylic acids is 1. The molecule has 1 aromatic rings. The topological polar surface area (TPSA) is 165 Å². The van der Waals surface area contributed by atoms with E-state index in [-0.39, 0.29) is 12.0 Å². The Morgan fingerprint density at radius 3 is 2.56 bits per heavy atom. The number of hydrogen-bond donors (Lipinski definition) is 3. The first-order valence-corrected chi connectivity index (χ1v) is 8.47. The van der Waals surface area contributed by atoms with Crippen molar-refractivity contribution >= 4 is 13.6 Å². The Morgan fingerprint density at radius 2 is 2.00 bits per heavy atom. The van der Waals surface area contributed by atoms with Gasteiger partial charge in [-0.25, -0.2) is 18.7 Å². The fourth-order valence-electron chi connectivity index (χ4n) is 2.67. The molecule has 1 heterocycles. The molecule has 5 atom stereocenters. The minimum atomic E-state index is -3.35. The van der Waals surface area contributed by atoms with Crippen molar-refractivity contribution in [3.05, 3.63) is 32.6 Å². The van der Waals surface area contributed by atoms with E-state index in [0.29, 0.717) is 0 Å². The monoisotopic (exact) mass is 376 g/mol. The normalized spacial score (nSPS) is 27.0. The fraction of sp³-hybridized carbons (Fsp3) is 0.615. The Morgan fingerprint density at radius 1 is 1.36 bits per heavy atom. The summed E-state index contributed by atoms with van der Waals surface area (Å²) in [5.74, 6) is -3.11. The van der Waals surface area contributed by atoms with E-state index in [1.54, 1.807) is 0 Å². The molecule has 0 bridgehead atoms. The zero-order valence-electron chi connectivity index (χ0n) is 13.3. The molecule has 3 N–H and O–H groups in total. The van der Waals surface area contributed by atoms with E-state index < -0.39 is 55.1 Å². The molecule has 12 heteroatoms. The number of aromatic amines is 1. The first kappa shape index (κ1) is 19.3. The van der Waals surface area contributed by atoms with Crippen LogP contribution in [-0.4, -0.2) is 57.0 Å². The summed E-state index contributed by atoms with van der Waals surface area (Å²) in [6.45, 7) is 1.45. The van der Waals surface area contributed by atoms with Crippen molar-refractivity contribution in [3.63, 3.8) is 0 Å². The Bertz CT molecular complexity index is 835. The lowest BCUT2D eigenvalue weighted by atomic mass is 10.2. The van der Waals surface area contributed by atoms with Crippen LogP contribution >= 0.6 is 7.68 Å². The molecule has 0 aromatic carbocycles. The summed E-state index contributed by atoms with van der Waals surface area (Å²) in [5.41, 5.74) is -1.18. The van der Waals surface area contributed by atoms with Crippen LogP contribution in [0.5, 0.6) is 0 Å². The van der Waals surface area contributed by atoms with Gasteiger partial charge in [0.15, 0.2) is 0 Å². The Kier molecular flexibility index (Phi) is 5.73. The van der Waals surface area contributed by atoms with Crippen LogP contribution < -0.4 is 11.2 Å². The Labute approximate surface area is 141 Å². The van der Waals surface area contributed by atoms with E-state index in [1.807, 2.05) is 0 Å². The molecule has 25 heavy (non-hydrogen) atoms. The lowest BCUT2D eigenvalue weighted by Gasteiger charge is -2.19. The quantitative estimate of drug-likeness (QED) is 0.412. The molecule has 0 spiro atoms. The molecule has 1 fully saturated rings. The number of nitrogens with one attached hydrogen (secondary N) is 1. The first-order chi connectivity index (χ1) is 11.7. The maximum absolute atomic E-state index is 11.9. The Hall–Kier alpha value is -2.07. The third-order valence-electron chi connectivity index (χ3n) is 4.00. The van der Waals surface area contributed by atoms with Crippen molar-refractivity contribution in [3.8, 4) is 0 Å². The zero-order valence-corrected chi connectivity index (χ0v) is 14.2. The number of methoxy groups -OCH3 is 1. The number of nitrogens with zero attached hydrogens (tertiary/aromatic N) is 1. The van der Waals surface area contributed by atoms with Gasteiger partial charge in [0.1, 0.15) is 12.2 Å². The minimum Gasteiger partial charge on any atom is -0.466 e. The van der Waals surface area contributed by atoms with E-state index in [0.717, 1.165) is 11.7 Å². The van der Waals surface area contributed by atoms with Crippen molar-refractivity contribution in [2.75, 3.05) is 7.11 Å². The van der Waals surface area contributed by atoms with Gasteiger partial charge in [-0.15, -0.1) is 0 Å². The highest BCUT2D eigenvalue weighted by Gasteiger charge is 2.46. The number of carbonyl (C=O) groups is 1. The zero-order chi connectivity index (χ0) is 18.9. The van der Waals surface area contributed by atoms with Crippen LogP contribution in [-0.2, 0) is 23.4 Å². The third kappa shape index (κ3) is 3.79. The van der Waals surface area contributed by atoms with Gasteiger partial charge < -0.3 is 19.7 Å². The molecule has 0 aliphatic heterocycles. The molecule has 2 rings (SSSR count). The largest absolute Gasteiger partial charge is 0.466 e. The molecule has 5 unspecified atom stereocenters. The predicted molar refractivity (Wildman–Crippen MR) is 80.7 cm³/mol. The van der Waals surface area contributed by atoms with E-state index in [9.17, 15) is 33.7 Å². The number of aryl methyl sites for hydroxylation is 1. The molecule has 1 saturated carbocycles. The van der Waals surface area contributed by atoms with Gasteiger partial charge in [0.25, 0.3) is 11.4 Å². The SMILES string of the molecule is COC(=O)C(OC1CC(n2cc(C)c(=O)[nH]c2=O)C(O)C1O)P(=O)=O.